The molecule has 1 fully saturated rings. The van der Waals surface area contributed by atoms with Gasteiger partial charge in [-0.1, -0.05) is 6.07 Å². The predicted molar refractivity (Wildman–Crippen MR) is 77.5 cm³/mol. The summed E-state index contributed by atoms with van der Waals surface area (Å²) in [5.41, 5.74) is 3.94. The van der Waals surface area contributed by atoms with E-state index in [1.165, 1.54) is 30.3 Å². The van der Waals surface area contributed by atoms with E-state index in [1.54, 1.807) is 0 Å². The fraction of sp³-hybridized carbons (Fsp3) is 0.562. The van der Waals surface area contributed by atoms with Crippen LogP contribution in [0, 0.1) is 19.8 Å². The number of aryl methyl sites for hydroxylation is 2. The summed E-state index contributed by atoms with van der Waals surface area (Å²) in [4.78, 5) is 13.6. The van der Waals surface area contributed by atoms with Crippen molar-refractivity contribution in [2.24, 2.45) is 5.92 Å². The second-order valence-electron chi connectivity index (χ2n) is 5.56. The van der Waals surface area contributed by atoms with Gasteiger partial charge in [-0.05, 0) is 55.9 Å². The van der Waals surface area contributed by atoms with Crippen LogP contribution in [0.5, 0.6) is 0 Å². The van der Waals surface area contributed by atoms with E-state index in [4.69, 9.17) is 4.74 Å². The smallest absolute Gasteiger partial charge is 0.305 e. The molecule has 0 saturated carbocycles. The van der Waals surface area contributed by atoms with Crippen molar-refractivity contribution >= 4 is 11.7 Å². The third-order valence-corrected chi connectivity index (χ3v) is 3.84. The molecule has 1 unspecified atom stereocenters. The number of rotatable bonds is 4. The molecular weight excluding hydrogens is 238 g/mol. The number of hydrogen-bond donors (Lipinski definition) is 0. The zero-order valence-corrected chi connectivity index (χ0v) is 12.1. The van der Waals surface area contributed by atoms with Crippen molar-refractivity contribution in [2.75, 3.05) is 25.1 Å². The molecule has 2 rings (SSSR count). The van der Waals surface area contributed by atoms with Gasteiger partial charge < -0.3 is 9.64 Å². The van der Waals surface area contributed by atoms with Crippen molar-refractivity contribution in [1.29, 1.82) is 0 Å². The quantitative estimate of drug-likeness (QED) is 0.780. The summed E-state index contributed by atoms with van der Waals surface area (Å²) in [7, 11) is 1.46. The number of anilines is 1. The van der Waals surface area contributed by atoms with Crippen LogP contribution in [0.15, 0.2) is 18.2 Å². The molecule has 0 aliphatic carbocycles. The minimum absolute atomic E-state index is 0.0927. The largest absolute Gasteiger partial charge is 0.469 e. The number of nitrogens with zero attached hydrogens (tertiary/aromatic N) is 1. The van der Waals surface area contributed by atoms with E-state index in [0.717, 1.165) is 19.5 Å². The number of carbonyl (C=O) groups excluding carboxylic acids is 1. The minimum atomic E-state index is -0.0927. The van der Waals surface area contributed by atoms with Crippen LogP contribution in [0.4, 0.5) is 5.69 Å². The highest BCUT2D eigenvalue weighted by Gasteiger charge is 2.23. The average Bonchev–Trinajstić information content (AvgIpc) is 2.83. The molecule has 0 amide bonds. The minimum Gasteiger partial charge on any atom is -0.469 e. The first kappa shape index (κ1) is 13.9. The van der Waals surface area contributed by atoms with E-state index < -0.39 is 0 Å². The Morgan fingerprint density at radius 1 is 1.32 bits per heavy atom. The normalized spacial score (nSPS) is 18.7. The van der Waals surface area contributed by atoms with Gasteiger partial charge in [0.25, 0.3) is 0 Å². The summed E-state index contributed by atoms with van der Waals surface area (Å²) >= 11 is 0. The van der Waals surface area contributed by atoms with Crippen LogP contribution in [0.25, 0.3) is 0 Å². The molecule has 3 heteroatoms. The first-order valence-corrected chi connectivity index (χ1v) is 6.98. The van der Waals surface area contributed by atoms with Gasteiger partial charge in [0.1, 0.15) is 0 Å². The number of carbonyl (C=O) groups is 1. The predicted octanol–water partition coefficient (Wildman–Crippen LogP) is 3.08. The Hall–Kier alpha value is -1.51. The summed E-state index contributed by atoms with van der Waals surface area (Å²) < 4.78 is 4.70. The molecule has 19 heavy (non-hydrogen) atoms. The number of methoxy groups -OCH3 is 1. The van der Waals surface area contributed by atoms with Crippen molar-refractivity contribution in [2.45, 2.75) is 33.1 Å². The fourth-order valence-corrected chi connectivity index (χ4v) is 2.86. The summed E-state index contributed by atoms with van der Waals surface area (Å²) in [6.45, 7) is 6.43. The van der Waals surface area contributed by atoms with Gasteiger partial charge in [0.2, 0.25) is 0 Å². The van der Waals surface area contributed by atoms with Gasteiger partial charge in [0.15, 0.2) is 0 Å². The molecule has 104 valence electrons. The third-order valence-electron chi connectivity index (χ3n) is 3.84. The van der Waals surface area contributed by atoms with Crippen LogP contribution < -0.4 is 4.90 Å². The average molecular weight is 261 g/mol. The van der Waals surface area contributed by atoms with Crippen LogP contribution in [-0.2, 0) is 9.53 Å². The van der Waals surface area contributed by atoms with Crippen LogP contribution in [0.2, 0.25) is 0 Å². The number of ether oxygens (including phenoxy) is 1. The second kappa shape index (κ2) is 6.09. The highest BCUT2D eigenvalue weighted by atomic mass is 16.5. The Bertz CT molecular complexity index is 436. The molecule has 0 aromatic heterocycles. The molecular formula is C16H23NO2. The Labute approximate surface area is 115 Å². The molecule has 1 aromatic rings. The molecule has 0 radical (unpaired) electrons. The molecule has 0 spiro atoms. The molecule has 1 aliphatic rings. The zero-order valence-electron chi connectivity index (χ0n) is 12.1. The maximum atomic E-state index is 11.2. The molecule has 1 heterocycles. The first-order chi connectivity index (χ1) is 9.08. The molecule has 1 aliphatic heterocycles. The standard InChI is InChI=1S/C16H23NO2/c1-12-8-13(2)10-15(9-12)17-7-6-14(11-17)4-5-16(18)19-3/h8-10,14H,4-7,11H2,1-3H3. The van der Waals surface area contributed by atoms with Gasteiger partial charge in [0, 0.05) is 25.2 Å². The van der Waals surface area contributed by atoms with Crippen molar-refractivity contribution in [3.63, 3.8) is 0 Å². The summed E-state index contributed by atoms with van der Waals surface area (Å²) in [6, 6.07) is 6.69. The molecule has 3 nitrogen and oxygen atoms in total. The topological polar surface area (TPSA) is 29.5 Å². The molecule has 0 N–H and O–H groups in total. The Morgan fingerprint density at radius 2 is 2.00 bits per heavy atom. The fourth-order valence-electron chi connectivity index (χ4n) is 2.86. The van der Waals surface area contributed by atoms with E-state index in [2.05, 4.69) is 36.9 Å². The van der Waals surface area contributed by atoms with Gasteiger partial charge >= 0.3 is 5.97 Å². The van der Waals surface area contributed by atoms with Crippen molar-refractivity contribution < 1.29 is 9.53 Å². The lowest BCUT2D eigenvalue weighted by molar-refractivity contribution is -0.140. The van der Waals surface area contributed by atoms with E-state index in [-0.39, 0.29) is 5.97 Å². The van der Waals surface area contributed by atoms with Crippen LogP contribution in [0.3, 0.4) is 0 Å². The SMILES string of the molecule is COC(=O)CCC1CCN(c2cc(C)cc(C)c2)C1. The van der Waals surface area contributed by atoms with E-state index in [1.807, 2.05) is 0 Å². The van der Waals surface area contributed by atoms with E-state index in [0.29, 0.717) is 12.3 Å². The van der Waals surface area contributed by atoms with Crippen LogP contribution in [-0.4, -0.2) is 26.2 Å². The Balaban J connectivity index is 1.92. The maximum Gasteiger partial charge on any atom is 0.305 e. The van der Waals surface area contributed by atoms with Crippen molar-refractivity contribution in [1.82, 2.24) is 0 Å². The Morgan fingerprint density at radius 3 is 2.63 bits per heavy atom. The van der Waals surface area contributed by atoms with Gasteiger partial charge in [0.05, 0.1) is 7.11 Å². The summed E-state index contributed by atoms with van der Waals surface area (Å²) in [5, 5.41) is 0. The molecule has 1 saturated heterocycles. The lowest BCUT2D eigenvalue weighted by atomic mass is 10.0. The third kappa shape index (κ3) is 3.72. The lowest BCUT2D eigenvalue weighted by Crippen LogP contribution is -2.20. The first-order valence-electron chi connectivity index (χ1n) is 6.98. The highest BCUT2D eigenvalue weighted by Crippen LogP contribution is 2.28. The second-order valence-corrected chi connectivity index (χ2v) is 5.56. The van der Waals surface area contributed by atoms with Gasteiger partial charge in [-0.25, -0.2) is 0 Å². The van der Waals surface area contributed by atoms with Gasteiger partial charge in [-0.2, -0.15) is 0 Å². The number of esters is 1. The van der Waals surface area contributed by atoms with Crippen LogP contribution in [0.1, 0.15) is 30.4 Å². The van der Waals surface area contributed by atoms with Crippen molar-refractivity contribution in [3.05, 3.63) is 29.3 Å². The Kier molecular flexibility index (Phi) is 4.46. The molecule has 1 aromatic carbocycles. The van der Waals surface area contributed by atoms with Gasteiger partial charge in [-0.15, -0.1) is 0 Å². The maximum absolute atomic E-state index is 11.2. The molecule has 0 bridgehead atoms. The van der Waals surface area contributed by atoms with E-state index in [9.17, 15) is 4.79 Å². The van der Waals surface area contributed by atoms with Crippen molar-refractivity contribution in [3.8, 4) is 0 Å². The highest BCUT2D eigenvalue weighted by molar-refractivity contribution is 5.69. The molecule has 1 atom stereocenters. The zero-order chi connectivity index (χ0) is 13.8. The van der Waals surface area contributed by atoms with E-state index >= 15 is 0 Å². The van der Waals surface area contributed by atoms with Crippen LogP contribution >= 0.6 is 0 Å². The summed E-state index contributed by atoms with van der Waals surface area (Å²) in [6.07, 6.45) is 2.65. The van der Waals surface area contributed by atoms with Gasteiger partial charge in [-0.3, -0.25) is 4.79 Å². The number of hydrogen-bond acceptors (Lipinski definition) is 3. The summed E-state index contributed by atoms with van der Waals surface area (Å²) in [5.74, 6) is 0.518. The monoisotopic (exact) mass is 261 g/mol. The number of benzene rings is 1. The lowest BCUT2D eigenvalue weighted by Gasteiger charge is -2.20.